The number of sulfonamides is 1. The predicted molar refractivity (Wildman–Crippen MR) is 190 cm³/mol. The van der Waals surface area contributed by atoms with E-state index in [1.807, 2.05) is 37.3 Å². The van der Waals surface area contributed by atoms with E-state index in [9.17, 15) is 22.4 Å². The maximum atomic E-state index is 14.6. The van der Waals surface area contributed by atoms with Gasteiger partial charge in [0, 0.05) is 19.0 Å². The molecule has 258 valence electrons. The fourth-order valence-corrected chi connectivity index (χ4v) is 7.63. The molecule has 0 heterocycles. The topological polar surface area (TPSA) is 96.0 Å². The Balaban J connectivity index is 1.56. The molecule has 1 saturated carbocycles. The fourth-order valence-electron chi connectivity index (χ4n) is 5.89. The first-order chi connectivity index (χ1) is 23.5. The van der Waals surface area contributed by atoms with E-state index in [2.05, 4.69) is 5.32 Å². The highest BCUT2D eigenvalue weighted by Crippen LogP contribution is 2.28. The van der Waals surface area contributed by atoms with Crippen LogP contribution in [0.1, 0.15) is 43.7 Å². The molecule has 1 N–H and O–H groups in total. The van der Waals surface area contributed by atoms with E-state index in [1.165, 1.54) is 41.3 Å². The van der Waals surface area contributed by atoms with Crippen LogP contribution in [0.3, 0.4) is 0 Å². The van der Waals surface area contributed by atoms with Gasteiger partial charge in [-0.05, 0) is 91.6 Å². The number of halogens is 3. The molecule has 5 rings (SSSR count). The number of amides is 2. The Hall–Kier alpha value is -4.12. The van der Waals surface area contributed by atoms with Gasteiger partial charge in [0.15, 0.2) is 0 Å². The van der Waals surface area contributed by atoms with Gasteiger partial charge in [-0.15, -0.1) is 0 Å². The molecule has 0 bridgehead atoms. The lowest BCUT2D eigenvalue weighted by molar-refractivity contribution is -0.140. The molecule has 0 aromatic heterocycles. The summed E-state index contributed by atoms with van der Waals surface area (Å²) in [6.45, 7) is 1.47. The summed E-state index contributed by atoms with van der Waals surface area (Å²) in [5.74, 6) is -1.07. The van der Waals surface area contributed by atoms with Crippen molar-refractivity contribution in [2.24, 2.45) is 0 Å². The van der Waals surface area contributed by atoms with Crippen LogP contribution in [0.4, 0.5) is 10.1 Å². The Morgan fingerprint density at radius 2 is 1.57 bits per heavy atom. The smallest absolute Gasteiger partial charge is 0.264 e. The predicted octanol–water partition coefficient (Wildman–Crippen LogP) is 7.43. The Labute approximate surface area is 296 Å². The summed E-state index contributed by atoms with van der Waals surface area (Å²) in [5.41, 5.74) is 1.49. The van der Waals surface area contributed by atoms with Crippen LogP contribution < -0.4 is 14.4 Å². The number of carbonyl (C=O) groups excluding carboxylic acids is 2. The summed E-state index contributed by atoms with van der Waals surface area (Å²) in [6.07, 6.45) is 3.84. The minimum absolute atomic E-state index is 0.0246. The Bertz CT molecular complexity index is 1840. The van der Waals surface area contributed by atoms with Crippen LogP contribution in [0.25, 0.3) is 0 Å². The number of nitrogens with zero attached hydrogens (tertiary/aromatic N) is 2. The van der Waals surface area contributed by atoms with Crippen LogP contribution >= 0.6 is 23.2 Å². The molecule has 12 heteroatoms. The number of benzene rings is 4. The first kappa shape index (κ1) is 36.2. The SMILES string of the molecule is CCOc1ccc(S(=O)(=O)N(CC(=O)N(Cc2ccc(Cl)c(Cl)c2)[C@H](Cc2ccccc2)C(=O)NC2CCCC2)c2ccc(F)cc2)cc1. The van der Waals surface area contributed by atoms with E-state index in [4.69, 9.17) is 27.9 Å². The molecule has 1 fully saturated rings. The van der Waals surface area contributed by atoms with Crippen molar-refractivity contribution in [1.82, 2.24) is 10.2 Å². The third-order valence-corrected chi connectivity index (χ3v) is 11.0. The van der Waals surface area contributed by atoms with E-state index >= 15 is 0 Å². The van der Waals surface area contributed by atoms with Gasteiger partial charge in [0.1, 0.15) is 24.2 Å². The van der Waals surface area contributed by atoms with Crippen LogP contribution in [0.2, 0.25) is 10.0 Å². The normalized spacial score (nSPS) is 13.9. The number of ether oxygens (including phenoxy) is 1. The van der Waals surface area contributed by atoms with Gasteiger partial charge in [0.05, 0.1) is 27.2 Å². The first-order valence-corrected chi connectivity index (χ1v) is 18.3. The van der Waals surface area contributed by atoms with Gasteiger partial charge in [-0.3, -0.25) is 13.9 Å². The second-order valence-electron chi connectivity index (χ2n) is 11.9. The van der Waals surface area contributed by atoms with Crippen molar-refractivity contribution in [2.45, 2.75) is 62.6 Å². The average molecular weight is 727 g/mol. The molecule has 0 saturated heterocycles. The number of nitrogens with one attached hydrogen (secondary N) is 1. The standard InChI is InChI=1S/C37H38Cl2FN3O5S/c1-2-48-31-17-19-32(20-18-31)49(46,47)43(30-15-13-28(40)14-16-30)25-36(44)42(24-27-12-21-33(38)34(39)22-27)35(23-26-8-4-3-5-9-26)37(45)41-29-10-6-7-11-29/h3-5,8-9,12-22,29,35H,2,6-7,10-11,23-25H2,1H3,(H,41,45)/t35-/m1/s1. The molecule has 1 aliphatic carbocycles. The van der Waals surface area contributed by atoms with Gasteiger partial charge in [-0.1, -0.05) is 72.4 Å². The number of rotatable bonds is 14. The number of carbonyl (C=O) groups is 2. The second kappa shape index (κ2) is 16.5. The summed E-state index contributed by atoms with van der Waals surface area (Å²) >= 11 is 12.6. The third kappa shape index (κ3) is 9.32. The molecular weight excluding hydrogens is 688 g/mol. The highest BCUT2D eigenvalue weighted by Gasteiger charge is 2.35. The molecule has 1 atom stereocenters. The maximum absolute atomic E-state index is 14.6. The van der Waals surface area contributed by atoms with Gasteiger partial charge in [0.25, 0.3) is 10.0 Å². The molecule has 0 radical (unpaired) electrons. The lowest BCUT2D eigenvalue weighted by Crippen LogP contribution is -2.54. The molecule has 1 aliphatic rings. The summed E-state index contributed by atoms with van der Waals surface area (Å²) in [4.78, 5) is 30.0. The number of hydrogen-bond acceptors (Lipinski definition) is 5. The molecule has 4 aromatic carbocycles. The second-order valence-corrected chi connectivity index (χ2v) is 14.5. The van der Waals surface area contributed by atoms with E-state index in [1.54, 1.807) is 18.2 Å². The minimum Gasteiger partial charge on any atom is -0.494 e. The van der Waals surface area contributed by atoms with E-state index in [0.29, 0.717) is 22.9 Å². The zero-order valence-electron chi connectivity index (χ0n) is 27.0. The van der Waals surface area contributed by atoms with Crippen molar-refractivity contribution in [2.75, 3.05) is 17.5 Å². The Kier molecular flexibility index (Phi) is 12.2. The molecule has 0 spiro atoms. The highest BCUT2D eigenvalue weighted by atomic mass is 35.5. The van der Waals surface area contributed by atoms with E-state index in [-0.39, 0.29) is 40.5 Å². The van der Waals surface area contributed by atoms with Crippen molar-refractivity contribution in [3.63, 3.8) is 0 Å². The summed E-state index contributed by atoms with van der Waals surface area (Å²) in [7, 11) is -4.37. The molecule has 49 heavy (non-hydrogen) atoms. The first-order valence-electron chi connectivity index (χ1n) is 16.1. The number of anilines is 1. The number of hydrogen-bond donors (Lipinski definition) is 1. The maximum Gasteiger partial charge on any atom is 0.264 e. The van der Waals surface area contributed by atoms with Gasteiger partial charge in [-0.2, -0.15) is 0 Å². The van der Waals surface area contributed by atoms with Crippen LogP contribution in [0.5, 0.6) is 5.75 Å². The lowest BCUT2D eigenvalue weighted by atomic mass is 10.0. The van der Waals surface area contributed by atoms with Crippen molar-refractivity contribution in [3.8, 4) is 5.75 Å². The van der Waals surface area contributed by atoms with Crippen molar-refractivity contribution in [3.05, 3.63) is 124 Å². The fraction of sp³-hybridized carbons (Fsp3) is 0.297. The molecule has 2 amide bonds. The summed E-state index contributed by atoms with van der Waals surface area (Å²) < 4.78 is 48.9. The van der Waals surface area contributed by atoms with Crippen LogP contribution in [0.15, 0.2) is 102 Å². The van der Waals surface area contributed by atoms with Gasteiger partial charge >= 0.3 is 0 Å². The molecule has 4 aromatic rings. The Morgan fingerprint density at radius 1 is 0.898 bits per heavy atom. The Morgan fingerprint density at radius 3 is 2.20 bits per heavy atom. The molecular formula is C37H38Cl2FN3O5S. The molecule has 0 unspecified atom stereocenters. The van der Waals surface area contributed by atoms with Crippen molar-refractivity contribution < 1.29 is 27.1 Å². The minimum atomic E-state index is -4.37. The molecule has 0 aliphatic heterocycles. The summed E-state index contributed by atoms with van der Waals surface area (Å²) in [6, 6.07) is 23.9. The lowest BCUT2D eigenvalue weighted by Gasteiger charge is -2.34. The molecule has 8 nitrogen and oxygen atoms in total. The zero-order valence-corrected chi connectivity index (χ0v) is 29.4. The van der Waals surface area contributed by atoms with Gasteiger partial charge in [0.2, 0.25) is 11.8 Å². The van der Waals surface area contributed by atoms with Crippen molar-refractivity contribution >= 4 is 50.7 Å². The van der Waals surface area contributed by atoms with Crippen molar-refractivity contribution in [1.29, 1.82) is 0 Å². The third-order valence-electron chi connectivity index (χ3n) is 8.43. The van der Waals surface area contributed by atoms with Crippen LogP contribution in [0, 0.1) is 5.82 Å². The van der Waals surface area contributed by atoms with Gasteiger partial charge in [-0.25, -0.2) is 12.8 Å². The van der Waals surface area contributed by atoms with E-state index in [0.717, 1.165) is 47.7 Å². The van der Waals surface area contributed by atoms with Crippen LogP contribution in [-0.4, -0.2) is 50.4 Å². The quantitative estimate of drug-likeness (QED) is 0.146. The van der Waals surface area contributed by atoms with Crippen LogP contribution in [-0.2, 0) is 32.6 Å². The van der Waals surface area contributed by atoms with E-state index < -0.39 is 34.3 Å². The zero-order chi connectivity index (χ0) is 35.0. The highest BCUT2D eigenvalue weighted by molar-refractivity contribution is 7.92. The monoisotopic (exact) mass is 725 g/mol. The average Bonchev–Trinajstić information content (AvgIpc) is 3.61. The summed E-state index contributed by atoms with van der Waals surface area (Å²) in [5, 5.41) is 3.74. The largest absolute Gasteiger partial charge is 0.494 e. The van der Waals surface area contributed by atoms with Gasteiger partial charge < -0.3 is 15.0 Å².